The second kappa shape index (κ2) is 17.6. The fraction of sp³-hybridized carbons (Fsp3) is 0.318. The van der Waals surface area contributed by atoms with Crippen LogP contribution in [-0.2, 0) is 9.59 Å². The number of halogens is 1. The number of amides is 1. The van der Waals surface area contributed by atoms with Gasteiger partial charge >= 0.3 is 0 Å². The molecule has 1 unspecified atom stereocenters. The number of benzene rings is 2. The maximum atomic E-state index is 10.7. The van der Waals surface area contributed by atoms with E-state index in [1.54, 1.807) is 0 Å². The Balaban J connectivity index is 0. The van der Waals surface area contributed by atoms with Crippen LogP contribution in [0.5, 0.6) is 11.5 Å². The predicted octanol–water partition coefficient (Wildman–Crippen LogP) is 4.42. The van der Waals surface area contributed by atoms with Crippen molar-refractivity contribution in [2.45, 2.75) is 33.2 Å². The minimum absolute atomic E-state index is 0.311. The molecule has 2 rings (SSSR count). The van der Waals surface area contributed by atoms with Gasteiger partial charge in [-0.3, -0.25) is 4.79 Å². The van der Waals surface area contributed by atoms with E-state index in [0.717, 1.165) is 11.5 Å². The molecule has 29 heavy (non-hydrogen) atoms. The van der Waals surface area contributed by atoms with E-state index in [0.29, 0.717) is 17.4 Å². The highest BCUT2D eigenvalue weighted by molar-refractivity contribution is 6.30. The molecule has 0 aromatic heterocycles. The van der Waals surface area contributed by atoms with Crippen molar-refractivity contribution in [3.63, 3.8) is 0 Å². The van der Waals surface area contributed by atoms with Crippen molar-refractivity contribution >= 4 is 31.0 Å². The van der Waals surface area contributed by atoms with Crippen molar-refractivity contribution in [1.29, 1.82) is 0 Å². The summed E-state index contributed by atoms with van der Waals surface area (Å²) in [6, 6.07) is 14.8. The molecule has 2 aromatic carbocycles. The highest BCUT2D eigenvalue weighted by Crippen LogP contribution is 2.23. The van der Waals surface area contributed by atoms with E-state index in [1.807, 2.05) is 76.1 Å². The van der Waals surface area contributed by atoms with E-state index in [1.165, 1.54) is 12.6 Å². The molecule has 1 amide bonds. The summed E-state index contributed by atoms with van der Waals surface area (Å²) in [4.78, 5) is 21.9. The third-order valence-electron chi connectivity index (χ3n) is 3.24. The lowest BCUT2D eigenvalue weighted by atomic mass is 10.0. The molecule has 4 N–H and O–H groups in total. The van der Waals surface area contributed by atoms with Gasteiger partial charge in [0.1, 0.15) is 18.3 Å². The Morgan fingerprint density at radius 2 is 1.66 bits per heavy atom. The van der Waals surface area contributed by atoms with E-state index in [2.05, 4.69) is 17.4 Å². The van der Waals surface area contributed by atoms with Gasteiger partial charge in [0.05, 0.1) is 6.04 Å². The number of carbonyl (C=O) groups excluding carboxylic acids is 2. The summed E-state index contributed by atoms with van der Waals surface area (Å²) < 4.78 is 5.66. The highest BCUT2D eigenvalue weighted by Gasteiger charge is 2.12. The van der Waals surface area contributed by atoms with Crippen LogP contribution in [0.25, 0.3) is 0 Å². The van der Waals surface area contributed by atoms with Crippen LogP contribution < -0.4 is 16.2 Å². The van der Waals surface area contributed by atoms with Gasteiger partial charge in [0.25, 0.3) is 5.91 Å². The topological polar surface area (TPSA) is 108 Å². The molecule has 0 heterocycles. The highest BCUT2D eigenvalue weighted by atomic mass is 35.5. The van der Waals surface area contributed by atoms with Crippen LogP contribution >= 0.6 is 11.6 Å². The summed E-state index contributed by atoms with van der Waals surface area (Å²) in [6.45, 7) is 11.2. The fourth-order valence-corrected chi connectivity index (χ4v) is 2.17. The van der Waals surface area contributed by atoms with Crippen LogP contribution in [0.3, 0.4) is 0 Å². The number of nitrogens with two attached hydrogens (primary N) is 2. The van der Waals surface area contributed by atoms with Gasteiger partial charge in [-0.2, -0.15) is 0 Å². The SMILES string of the molecule is C=NC(=O)C(N)CC(C)C.C=O.CN.Cc1cccc(Oc2ccc(Cl)cc2)c1. The fourth-order valence-electron chi connectivity index (χ4n) is 2.04. The molecule has 0 radical (unpaired) electrons. The maximum Gasteiger partial charge on any atom is 0.261 e. The first-order chi connectivity index (χ1) is 13.8. The van der Waals surface area contributed by atoms with Crippen LogP contribution in [0.2, 0.25) is 5.02 Å². The molecule has 0 aliphatic heterocycles. The van der Waals surface area contributed by atoms with Crippen LogP contribution in [-0.4, -0.2) is 32.5 Å². The van der Waals surface area contributed by atoms with E-state index < -0.39 is 6.04 Å². The largest absolute Gasteiger partial charge is 0.457 e. The monoisotopic (exact) mass is 421 g/mol. The summed E-state index contributed by atoms with van der Waals surface area (Å²) in [7, 11) is 1.50. The summed E-state index contributed by atoms with van der Waals surface area (Å²) >= 11 is 5.78. The lowest BCUT2D eigenvalue weighted by Crippen LogP contribution is -2.30. The van der Waals surface area contributed by atoms with Crippen molar-refractivity contribution in [3.05, 3.63) is 59.1 Å². The maximum absolute atomic E-state index is 10.7. The number of aryl methyl sites for hydroxylation is 1. The van der Waals surface area contributed by atoms with Crippen molar-refractivity contribution in [3.8, 4) is 11.5 Å². The molecule has 0 saturated heterocycles. The third kappa shape index (κ3) is 14.2. The average Bonchev–Trinajstić information content (AvgIpc) is 2.72. The molecule has 1 atom stereocenters. The first kappa shape index (κ1) is 28.7. The van der Waals surface area contributed by atoms with Crippen LogP contribution in [0, 0.1) is 12.8 Å². The number of ether oxygens (including phenoxy) is 1. The second-order valence-electron chi connectivity index (χ2n) is 6.10. The Morgan fingerprint density at radius 1 is 1.10 bits per heavy atom. The zero-order valence-electron chi connectivity index (χ0n) is 17.6. The number of aliphatic imine (C=N–C) groups is 1. The smallest absolute Gasteiger partial charge is 0.261 e. The predicted molar refractivity (Wildman–Crippen MR) is 122 cm³/mol. The molecule has 0 aliphatic carbocycles. The van der Waals surface area contributed by atoms with Gasteiger partial charge in [-0.25, -0.2) is 4.99 Å². The lowest BCUT2D eigenvalue weighted by molar-refractivity contribution is -0.119. The van der Waals surface area contributed by atoms with E-state index >= 15 is 0 Å². The summed E-state index contributed by atoms with van der Waals surface area (Å²) in [5.41, 5.74) is 11.1. The number of carbonyl (C=O) groups is 2. The Bertz CT molecular complexity index is 707. The molecule has 0 bridgehead atoms. The Morgan fingerprint density at radius 3 is 2.10 bits per heavy atom. The minimum atomic E-state index is -0.461. The van der Waals surface area contributed by atoms with Gasteiger partial charge < -0.3 is 21.0 Å². The zero-order valence-corrected chi connectivity index (χ0v) is 18.4. The van der Waals surface area contributed by atoms with Crippen molar-refractivity contribution in [2.75, 3.05) is 7.05 Å². The first-order valence-corrected chi connectivity index (χ1v) is 9.32. The molecule has 7 heteroatoms. The quantitative estimate of drug-likeness (QED) is 0.694. The molecule has 6 nitrogen and oxygen atoms in total. The summed E-state index contributed by atoms with van der Waals surface area (Å²) in [5.74, 6) is 1.76. The Hall–Kier alpha value is -2.54. The molecule has 0 aliphatic rings. The zero-order chi connectivity index (χ0) is 22.8. The number of nitrogens with zero attached hydrogens (tertiary/aromatic N) is 1. The summed E-state index contributed by atoms with van der Waals surface area (Å²) in [5, 5.41) is 0.714. The van der Waals surface area contributed by atoms with Gasteiger partial charge in [0, 0.05) is 5.02 Å². The number of rotatable bonds is 5. The van der Waals surface area contributed by atoms with Crippen molar-refractivity contribution in [2.24, 2.45) is 22.4 Å². The van der Waals surface area contributed by atoms with Crippen LogP contribution in [0.1, 0.15) is 25.8 Å². The van der Waals surface area contributed by atoms with E-state index in [-0.39, 0.29) is 5.91 Å². The van der Waals surface area contributed by atoms with Crippen molar-refractivity contribution in [1.82, 2.24) is 0 Å². The molecule has 0 spiro atoms. The van der Waals surface area contributed by atoms with Gasteiger partial charge in [0.15, 0.2) is 0 Å². The van der Waals surface area contributed by atoms with Crippen LogP contribution in [0.15, 0.2) is 53.5 Å². The average molecular weight is 422 g/mol. The lowest BCUT2D eigenvalue weighted by Gasteiger charge is -2.08. The molecular formula is C22H32ClN3O3. The van der Waals surface area contributed by atoms with Gasteiger partial charge in [0.2, 0.25) is 0 Å². The Labute approximate surface area is 178 Å². The molecule has 0 fully saturated rings. The van der Waals surface area contributed by atoms with E-state index in [9.17, 15) is 4.79 Å². The number of hydrogen-bond acceptors (Lipinski definition) is 5. The van der Waals surface area contributed by atoms with Gasteiger partial charge in [-0.1, -0.05) is 37.6 Å². The normalized spacial score (nSPS) is 10.1. The molecule has 2 aromatic rings. The second-order valence-corrected chi connectivity index (χ2v) is 6.54. The summed E-state index contributed by atoms with van der Waals surface area (Å²) in [6.07, 6.45) is 0.678. The van der Waals surface area contributed by atoms with Crippen LogP contribution in [0.4, 0.5) is 0 Å². The van der Waals surface area contributed by atoms with Gasteiger partial charge in [-0.15, -0.1) is 0 Å². The third-order valence-corrected chi connectivity index (χ3v) is 3.49. The van der Waals surface area contributed by atoms with E-state index in [4.69, 9.17) is 26.9 Å². The molecule has 0 saturated carbocycles. The van der Waals surface area contributed by atoms with Gasteiger partial charge in [-0.05, 0) is 75.0 Å². The standard InChI is InChI=1S/C13H11ClO.C7H14N2O.CH5N.CH2O/c1-10-3-2-4-13(9-10)15-12-7-5-11(14)6-8-12;1-5(2)4-6(8)7(10)9-3;2*1-2/h2-9H,1H3;5-6H,3-4,8H2,1-2H3;2H2,1H3;1H2. The molecular weight excluding hydrogens is 390 g/mol. The minimum Gasteiger partial charge on any atom is -0.457 e. The first-order valence-electron chi connectivity index (χ1n) is 8.94. The molecule has 160 valence electrons. The number of hydrogen-bond donors (Lipinski definition) is 2. The Kier molecular flexibility index (Phi) is 17.4. The van der Waals surface area contributed by atoms with Crippen molar-refractivity contribution < 1.29 is 14.3 Å².